The zero-order valence-electron chi connectivity index (χ0n) is 15.6. The van der Waals surface area contributed by atoms with Crippen molar-refractivity contribution in [1.82, 2.24) is 4.31 Å². The third-order valence-corrected chi connectivity index (χ3v) is 8.32. The van der Waals surface area contributed by atoms with Crippen LogP contribution in [0.2, 0.25) is 0 Å². The van der Waals surface area contributed by atoms with Gasteiger partial charge in [-0.3, -0.25) is 4.79 Å². The van der Waals surface area contributed by atoms with Gasteiger partial charge in [-0.2, -0.15) is 4.31 Å². The predicted molar refractivity (Wildman–Crippen MR) is 107 cm³/mol. The number of carbonyl (C=O) groups excluding carboxylic acids is 1. The van der Waals surface area contributed by atoms with Crippen LogP contribution in [0.15, 0.2) is 46.0 Å². The molecule has 2 unspecified atom stereocenters. The van der Waals surface area contributed by atoms with Crippen molar-refractivity contribution in [3.05, 3.63) is 47.3 Å². The van der Waals surface area contributed by atoms with Crippen LogP contribution < -0.4 is 4.74 Å². The van der Waals surface area contributed by atoms with Crippen molar-refractivity contribution < 1.29 is 17.9 Å². The zero-order chi connectivity index (χ0) is 19.4. The first-order valence-electron chi connectivity index (χ1n) is 9.27. The maximum Gasteiger partial charge on any atom is 0.315 e. The fraction of sp³-hybridized carbons (Fsp3) is 0.450. The molecule has 0 spiro atoms. The smallest absolute Gasteiger partial charge is 0.315 e. The molecule has 146 valence electrons. The van der Waals surface area contributed by atoms with Crippen molar-refractivity contribution >= 4 is 27.3 Å². The molecule has 1 aromatic heterocycles. The number of nitrogens with zero attached hydrogens (tertiary/aromatic N) is 1. The SMILES string of the molecule is CCC(C)c1ccccc1OC(=O)C1CCCN(S(=O)(=O)c2cccs2)C1. The third kappa shape index (κ3) is 4.42. The Morgan fingerprint density at radius 2 is 2.07 bits per heavy atom. The highest BCUT2D eigenvalue weighted by Gasteiger charge is 2.35. The lowest BCUT2D eigenvalue weighted by Gasteiger charge is -2.30. The topological polar surface area (TPSA) is 63.7 Å². The van der Waals surface area contributed by atoms with Crippen LogP contribution >= 0.6 is 11.3 Å². The van der Waals surface area contributed by atoms with E-state index in [1.54, 1.807) is 17.5 Å². The van der Waals surface area contributed by atoms with Crippen LogP contribution in [0, 0.1) is 5.92 Å². The number of sulfonamides is 1. The number of para-hydroxylation sites is 1. The number of esters is 1. The molecule has 0 N–H and O–H groups in total. The summed E-state index contributed by atoms with van der Waals surface area (Å²) in [6.45, 7) is 4.80. The maximum absolute atomic E-state index is 12.7. The Balaban J connectivity index is 1.73. The van der Waals surface area contributed by atoms with E-state index in [9.17, 15) is 13.2 Å². The average molecular weight is 408 g/mol. The number of carbonyl (C=O) groups is 1. The standard InChI is InChI=1S/C20H25NO4S2/c1-3-15(2)17-9-4-5-10-18(17)25-20(22)16-8-6-12-21(14-16)27(23,24)19-11-7-13-26-19/h4-5,7,9-11,13,15-16H,3,6,8,12,14H2,1-2H3. The van der Waals surface area contributed by atoms with Crippen molar-refractivity contribution in [3.8, 4) is 5.75 Å². The minimum absolute atomic E-state index is 0.171. The summed E-state index contributed by atoms with van der Waals surface area (Å²) in [6.07, 6.45) is 2.24. The zero-order valence-corrected chi connectivity index (χ0v) is 17.3. The number of thiophene rings is 1. The van der Waals surface area contributed by atoms with E-state index < -0.39 is 15.9 Å². The summed E-state index contributed by atoms with van der Waals surface area (Å²) < 4.78 is 32.9. The molecule has 1 aliphatic rings. The van der Waals surface area contributed by atoms with Gasteiger partial charge in [0.05, 0.1) is 5.92 Å². The second-order valence-electron chi connectivity index (χ2n) is 6.90. The molecule has 1 saturated heterocycles. The first-order chi connectivity index (χ1) is 12.9. The molecule has 7 heteroatoms. The van der Waals surface area contributed by atoms with E-state index in [1.807, 2.05) is 24.3 Å². The molecule has 0 bridgehead atoms. The summed E-state index contributed by atoms with van der Waals surface area (Å²) >= 11 is 1.20. The molecule has 0 aliphatic carbocycles. The molecular formula is C20H25NO4S2. The number of hydrogen-bond acceptors (Lipinski definition) is 5. The van der Waals surface area contributed by atoms with E-state index in [0.717, 1.165) is 12.0 Å². The number of ether oxygens (including phenoxy) is 1. The van der Waals surface area contributed by atoms with E-state index in [4.69, 9.17) is 4.74 Å². The molecule has 2 heterocycles. The van der Waals surface area contributed by atoms with Crippen LogP contribution in [0.1, 0.15) is 44.6 Å². The third-order valence-electron chi connectivity index (χ3n) is 5.08. The average Bonchev–Trinajstić information content (AvgIpc) is 3.23. The van der Waals surface area contributed by atoms with Crippen LogP contribution in [0.4, 0.5) is 0 Å². The van der Waals surface area contributed by atoms with Gasteiger partial charge in [0.25, 0.3) is 10.0 Å². The van der Waals surface area contributed by atoms with Crippen molar-refractivity contribution in [3.63, 3.8) is 0 Å². The quantitative estimate of drug-likeness (QED) is 0.530. The molecule has 2 atom stereocenters. The van der Waals surface area contributed by atoms with Gasteiger partial charge in [0.15, 0.2) is 0 Å². The summed E-state index contributed by atoms with van der Waals surface area (Å²) in [6, 6.07) is 10.9. The van der Waals surface area contributed by atoms with Crippen LogP contribution in [0.3, 0.4) is 0 Å². The predicted octanol–water partition coefficient (Wildman–Crippen LogP) is 4.27. The minimum atomic E-state index is -3.54. The molecule has 2 aromatic rings. The van der Waals surface area contributed by atoms with E-state index in [2.05, 4.69) is 13.8 Å². The lowest BCUT2D eigenvalue weighted by molar-refractivity contribution is -0.140. The summed E-state index contributed by atoms with van der Waals surface area (Å²) in [5.41, 5.74) is 1.01. The van der Waals surface area contributed by atoms with Gasteiger partial charge in [0.2, 0.25) is 0 Å². The van der Waals surface area contributed by atoms with Crippen molar-refractivity contribution in [2.24, 2.45) is 5.92 Å². The first kappa shape index (κ1) is 20.0. The van der Waals surface area contributed by atoms with Gasteiger partial charge in [0.1, 0.15) is 9.96 Å². The Kier molecular flexibility index (Phi) is 6.34. The number of rotatable bonds is 6. The lowest BCUT2D eigenvalue weighted by atomic mass is 9.97. The van der Waals surface area contributed by atoms with E-state index >= 15 is 0 Å². The molecule has 0 saturated carbocycles. The fourth-order valence-corrected chi connectivity index (χ4v) is 5.95. The van der Waals surface area contributed by atoms with Gasteiger partial charge in [-0.1, -0.05) is 38.1 Å². The van der Waals surface area contributed by atoms with Crippen LogP contribution in [0.5, 0.6) is 5.75 Å². The molecule has 1 fully saturated rings. The molecule has 0 amide bonds. The normalized spacial score (nSPS) is 19.6. The molecule has 5 nitrogen and oxygen atoms in total. The summed E-state index contributed by atoms with van der Waals surface area (Å²) in [4.78, 5) is 12.7. The van der Waals surface area contributed by atoms with Gasteiger partial charge in [-0.05, 0) is 48.3 Å². The highest BCUT2D eigenvalue weighted by molar-refractivity contribution is 7.91. The summed E-state index contributed by atoms with van der Waals surface area (Å²) in [5.74, 6) is 0.0708. The maximum atomic E-state index is 12.7. The molecule has 0 radical (unpaired) electrons. The highest BCUT2D eigenvalue weighted by atomic mass is 32.2. The second kappa shape index (κ2) is 8.54. The van der Waals surface area contributed by atoms with Crippen LogP contribution in [-0.4, -0.2) is 31.8 Å². The Bertz CT molecular complexity index is 877. The van der Waals surface area contributed by atoms with Crippen molar-refractivity contribution in [2.45, 2.75) is 43.2 Å². The van der Waals surface area contributed by atoms with Gasteiger partial charge in [-0.15, -0.1) is 11.3 Å². The Morgan fingerprint density at radius 3 is 2.78 bits per heavy atom. The van der Waals surface area contributed by atoms with Crippen molar-refractivity contribution in [2.75, 3.05) is 13.1 Å². The number of benzene rings is 1. The Labute approximate surface area is 165 Å². The number of piperidine rings is 1. The van der Waals surface area contributed by atoms with Gasteiger partial charge < -0.3 is 4.74 Å². The van der Waals surface area contributed by atoms with Gasteiger partial charge in [-0.25, -0.2) is 8.42 Å². The van der Waals surface area contributed by atoms with Crippen LogP contribution in [0.25, 0.3) is 0 Å². The minimum Gasteiger partial charge on any atom is -0.426 e. The monoisotopic (exact) mass is 407 g/mol. The van der Waals surface area contributed by atoms with Gasteiger partial charge in [0, 0.05) is 13.1 Å². The molecule has 3 rings (SSSR count). The van der Waals surface area contributed by atoms with Crippen molar-refractivity contribution in [1.29, 1.82) is 0 Å². The largest absolute Gasteiger partial charge is 0.426 e. The second-order valence-corrected chi connectivity index (χ2v) is 10.0. The van der Waals surface area contributed by atoms with Gasteiger partial charge >= 0.3 is 5.97 Å². The van der Waals surface area contributed by atoms with E-state index in [-0.39, 0.29) is 18.4 Å². The van der Waals surface area contributed by atoms with Crippen LogP contribution in [-0.2, 0) is 14.8 Å². The first-order valence-corrected chi connectivity index (χ1v) is 11.6. The summed E-state index contributed by atoms with van der Waals surface area (Å²) in [7, 11) is -3.54. The molecular weight excluding hydrogens is 382 g/mol. The van der Waals surface area contributed by atoms with E-state index in [0.29, 0.717) is 29.3 Å². The Morgan fingerprint density at radius 1 is 1.30 bits per heavy atom. The molecule has 1 aliphatic heterocycles. The van der Waals surface area contributed by atoms with E-state index in [1.165, 1.54) is 15.6 Å². The fourth-order valence-electron chi connectivity index (χ4n) is 3.28. The number of hydrogen-bond donors (Lipinski definition) is 0. The lowest BCUT2D eigenvalue weighted by Crippen LogP contribution is -2.43. The molecule has 1 aromatic carbocycles. The molecule has 27 heavy (non-hydrogen) atoms. The summed E-state index contributed by atoms with van der Waals surface area (Å²) in [5, 5.41) is 1.74. The highest BCUT2D eigenvalue weighted by Crippen LogP contribution is 2.31. The Hall–Kier alpha value is -1.70.